The molecule has 2 heterocycles. The Morgan fingerprint density at radius 1 is 1.11 bits per heavy atom. The summed E-state index contributed by atoms with van der Waals surface area (Å²) in [4.78, 5) is 40.2. The normalized spacial score (nSPS) is 11.7. The number of pyridine rings is 1. The van der Waals surface area contributed by atoms with Gasteiger partial charge in [0.05, 0.1) is 17.5 Å². The van der Waals surface area contributed by atoms with E-state index in [2.05, 4.69) is 25.8 Å². The van der Waals surface area contributed by atoms with Crippen molar-refractivity contribution in [2.45, 2.75) is 25.9 Å². The minimum Gasteiger partial charge on any atom is -0.350 e. The van der Waals surface area contributed by atoms with Crippen molar-refractivity contribution in [3.05, 3.63) is 70.4 Å². The summed E-state index contributed by atoms with van der Waals surface area (Å²) in [6.45, 7) is 1.96. The molecule has 0 aliphatic heterocycles. The molecule has 0 radical (unpaired) electrons. The Morgan fingerprint density at radius 2 is 1.81 bits per heavy atom. The zero-order valence-corrected chi connectivity index (χ0v) is 14.7. The number of hydrogen-bond donors (Lipinski definition) is 3. The van der Waals surface area contributed by atoms with Crippen molar-refractivity contribution in [3.63, 3.8) is 0 Å². The van der Waals surface area contributed by atoms with E-state index in [1.54, 1.807) is 55.7 Å². The van der Waals surface area contributed by atoms with E-state index in [1.165, 1.54) is 0 Å². The molecule has 8 nitrogen and oxygen atoms in total. The highest BCUT2D eigenvalue weighted by molar-refractivity contribution is 5.91. The molecule has 0 bridgehead atoms. The zero-order valence-electron chi connectivity index (χ0n) is 14.7. The number of aromatic nitrogens is 3. The van der Waals surface area contributed by atoms with Crippen molar-refractivity contribution in [1.29, 1.82) is 0 Å². The van der Waals surface area contributed by atoms with Gasteiger partial charge in [-0.25, -0.2) is 5.10 Å². The minimum absolute atomic E-state index is 0.0424. The molecule has 0 saturated carbocycles. The number of aromatic amines is 1. The first kappa shape index (κ1) is 18.2. The Kier molecular flexibility index (Phi) is 5.55. The van der Waals surface area contributed by atoms with E-state index < -0.39 is 6.04 Å². The van der Waals surface area contributed by atoms with Crippen LogP contribution in [0.4, 0.5) is 0 Å². The van der Waals surface area contributed by atoms with Gasteiger partial charge in [-0.15, -0.1) is 0 Å². The Balaban J connectivity index is 1.60. The predicted octanol–water partition coefficient (Wildman–Crippen LogP) is 0.682. The van der Waals surface area contributed by atoms with Gasteiger partial charge < -0.3 is 10.6 Å². The molecule has 3 rings (SSSR count). The molecule has 2 amide bonds. The van der Waals surface area contributed by atoms with Crippen molar-refractivity contribution < 1.29 is 9.59 Å². The van der Waals surface area contributed by atoms with Crippen LogP contribution in [0, 0.1) is 0 Å². The van der Waals surface area contributed by atoms with E-state index in [4.69, 9.17) is 0 Å². The van der Waals surface area contributed by atoms with Crippen LogP contribution in [0.5, 0.6) is 0 Å². The SMILES string of the molecule is CC(NC(=O)Cc1n[nH]c(=O)c2ccccc12)C(=O)NCc1ccncc1. The number of benzene rings is 1. The van der Waals surface area contributed by atoms with Crippen LogP contribution >= 0.6 is 0 Å². The standard InChI is InChI=1S/C19H19N5O3/c1-12(18(26)21-11-13-6-8-20-9-7-13)22-17(25)10-16-14-4-2-3-5-15(14)19(27)24-23-16/h2-9,12H,10-11H2,1H3,(H,21,26)(H,22,25)(H,24,27). The Bertz CT molecular complexity index is 1020. The van der Waals surface area contributed by atoms with Gasteiger partial charge in [-0.3, -0.25) is 19.4 Å². The maximum atomic E-state index is 12.3. The first-order chi connectivity index (χ1) is 13.0. The maximum Gasteiger partial charge on any atom is 0.272 e. The van der Waals surface area contributed by atoms with Gasteiger partial charge in [-0.1, -0.05) is 18.2 Å². The second kappa shape index (κ2) is 8.22. The lowest BCUT2D eigenvalue weighted by Gasteiger charge is -2.14. The number of amides is 2. The Morgan fingerprint density at radius 3 is 2.56 bits per heavy atom. The summed E-state index contributed by atoms with van der Waals surface area (Å²) in [6, 6.07) is 9.84. The van der Waals surface area contributed by atoms with E-state index in [0.717, 1.165) is 5.56 Å². The van der Waals surface area contributed by atoms with Crippen LogP contribution in [0.15, 0.2) is 53.6 Å². The first-order valence-corrected chi connectivity index (χ1v) is 8.47. The van der Waals surface area contributed by atoms with Gasteiger partial charge >= 0.3 is 0 Å². The topological polar surface area (TPSA) is 117 Å². The highest BCUT2D eigenvalue weighted by Crippen LogP contribution is 2.12. The Labute approximate surface area is 155 Å². The van der Waals surface area contributed by atoms with Crippen molar-refractivity contribution in [2.24, 2.45) is 0 Å². The van der Waals surface area contributed by atoms with E-state index in [-0.39, 0.29) is 23.8 Å². The van der Waals surface area contributed by atoms with E-state index in [0.29, 0.717) is 23.0 Å². The number of fused-ring (bicyclic) bond motifs is 1. The predicted molar refractivity (Wildman–Crippen MR) is 99.8 cm³/mol. The molecular formula is C19H19N5O3. The minimum atomic E-state index is -0.701. The van der Waals surface area contributed by atoms with Crippen molar-refractivity contribution >= 4 is 22.6 Å². The average molecular weight is 365 g/mol. The number of carbonyl (C=O) groups excluding carboxylic acids is 2. The number of H-pyrrole nitrogens is 1. The second-order valence-corrected chi connectivity index (χ2v) is 6.08. The fourth-order valence-corrected chi connectivity index (χ4v) is 2.66. The lowest BCUT2D eigenvalue weighted by Crippen LogP contribution is -2.45. The highest BCUT2D eigenvalue weighted by atomic mass is 16.2. The maximum absolute atomic E-state index is 12.3. The van der Waals surface area contributed by atoms with Crippen LogP contribution in [0.25, 0.3) is 10.8 Å². The molecule has 0 saturated heterocycles. The largest absolute Gasteiger partial charge is 0.350 e. The van der Waals surface area contributed by atoms with Crippen LogP contribution in [0.1, 0.15) is 18.2 Å². The van der Waals surface area contributed by atoms with E-state index in [1.807, 2.05) is 0 Å². The van der Waals surface area contributed by atoms with Crippen LogP contribution in [0.3, 0.4) is 0 Å². The van der Waals surface area contributed by atoms with Crippen molar-refractivity contribution in [2.75, 3.05) is 0 Å². The average Bonchev–Trinajstić information content (AvgIpc) is 2.69. The molecule has 0 fully saturated rings. The lowest BCUT2D eigenvalue weighted by atomic mass is 10.1. The summed E-state index contributed by atoms with van der Waals surface area (Å²) in [5.74, 6) is -0.647. The fraction of sp³-hybridized carbons (Fsp3) is 0.211. The lowest BCUT2D eigenvalue weighted by molar-refractivity contribution is -0.128. The highest BCUT2D eigenvalue weighted by Gasteiger charge is 2.17. The third-order valence-electron chi connectivity index (χ3n) is 4.09. The number of hydrogen-bond acceptors (Lipinski definition) is 5. The molecule has 2 aromatic heterocycles. The molecule has 1 unspecified atom stereocenters. The van der Waals surface area contributed by atoms with Gasteiger partial charge in [0, 0.05) is 24.3 Å². The van der Waals surface area contributed by atoms with Crippen LogP contribution in [-0.4, -0.2) is 33.0 Å². The number of nitrogens with one attached hydrogen (secondary N) is 3. The molecule has 27 heavy (non-hydrogen) atoms. The van der Waals surface area contributed by atoms with Gasteiger partial charge in [0.2, 0.25) is 11.8 Å². The summed E-state index contributed by atoms with van der Waals surface area (Å²) in [6.07, 6.45) is 3.25. The molecule has 3 aromatic rings. The summed E-state index contributed by atoms with van der Waals surface area (Å²) in [5, 5.41) is 12.9. The van der Waals surface area contributed by atoms with Gasteiger partial charge in [-0.2, -0.15) is 5.10 Å². The van der Waals surface area contributed by atoms with Crippen LogP contribution in [-0.2, 0) is 22.6 Å². The molecule has 0 aliphatic rings. The van der Waals surface area contributed by atoms with E-state index in [9.17, 15) is 14.4 Å². The molecule has 8 heteroatoms. The first-order valence-electron chi connectivity index (χ1n) is 8.47. The molecule has 0 aliphatic carbocycles. The number of rotatable bonds is 6. The quantitative estimate of drug-likeness (QED) is 0.594. The molecular weight excluding hydrogens is 346 g/mol. The fourth-order valence-electron chi connectivity index (χ4n) is 2.66. The van der Waals surface area contributed by atoms with Gasteiger partial charge in [0.25, 0.3) is 5.56 Å². The molecule has 3 N–H and O–H groups in total. The van der Waals surface area contributed by atoms with Crippen LogP contribution in [0.2, 0.25) is 0 Å². The zero-order chi connectivity index (χ0) is 19.2. The molecule has 138 valence electrons. The van der Waals surface area contributed by atoms with Gasteiger partial charge in [-0.05, 0) is 30.7 Å². The van der Waals surface area contributed by atoms with Crippen LogP contribution < -0.4 is 16.2 Å². The third kappa shape index (κ3) is 4.55. The van der Waals surface area contributed by atoms with Gasteiger partial charge in [0.1, 0.15) is 6.04 Å². The summed E-state index contributed by atoms with van der Waals surface area (Å²) >= 11 is 0. The second-order valence-electron chi connectivity index (χ2n) is 6.08. The molecule has 0 spiro atoms. The Hall–Kier alpha value is -3.55. The van der Waals surface area contributed by atoms with Crippen molar-refractivity contribution in [1.82, 2.24) is 25.8 Å². The number of nitrogens with zero attached hydrogens (tertiary/aromatic N) is 2. The third-order valence-corrected chi connectivity index (χ3v) is 4.09. The van der Waals surface area contributed by atoms with Gasteiger partial charge in [0.15, 0.2) is 0 Å². The summed E-state index contributed by atoms with van der Waals surface area (Å²) < 4.78 is 0. The smallest absolute Gasteiger partial charge is 0.272 e. The molecule has 1 atom stereocenters. The number of carbonyl (C=O) groups is 2. The monoisotopic (exact) mass is 365 g/mol. The van der Waals surface area contributed by atoms with E-state index >= 15 is 0 Å². The van der Waals surface area contributed by atoms with Crippen molar-refractivity contribution in [3.8, 4) is 0 Å². The summed E-state index contributed by atoms with van der Waals surface area (Å²) in [7, 11) is 0. The molecule has 1 aromatic carbocycles. The summed E-state index contributed by atoms with van der Waals surface area (Å²) in [5.41, 5.74) is 1.06.